The van der Waals surface area contributed by atoms with Crippen molar-refractivity contribution < 1.29 is 4.79 Å². The van der Waals surface area contributed by atoms with E-state index >= 15 is 0 Å². The van der Waals surface area contributed by atoms with Crippen LogP contribution in [0.2, 0.25) is 0 Å². The molecular weight excluding hydrogens is 366 g/mol. The lowest BCUT2D eigenvalue weighted by Crippen LogP contribution is -2.42. The van der Waals surface area contributed by atoms with E-state index in [1.807, 2.05) is 36.1 Å². The molecule has 1 heterocycles. The summed E-state index contributed by atoms with van der Waals surface area (Å²) in [7, 11) is 0. The number of hydrogen-bond donors (Lipinski definition) is 2. The molecule has 1 aliphatic heterocycles. The molecule has 0 bridgehead atoms. The van der Waals surface area contributed by atoms with E-state index in [2.05, 4.69) is 10.6 Å². The van der Waals surface area contributed by atoms with Crippen LogP contribution in [0.25, 0.3) is 0 Å². The molecule has 0 unspecified atom stereocenters. The number of hydrogen-bond acceptors (Lipinski definition) is 5. The maximum Gasteiger partial charge on any atom is 0.253 e. The molecule has 1 aliphatic carbocycles. The highest BCUT2D eigenvalue weighted by molar-refractivity contribution is 5.92. The highest BCUT2D eigenvalue weighted by atomic mass is 16.2. The van der Waals surface area contributed by atoms with Crippen LogP contribution in [0.5, 0.6) is 0 Å². The number of carbonyl (C=O) groups is 1. The van der Waals surface area contributed by atoms with Crippen molar-refractivity contribution in [2.75, 3.05) is 35.2 Å². The number of aryl methyl sites for hydroxylation is 1. The van der Waals surface area contributed by atoms with Crippen molar-refractivity contribution in [1.29, 1.82) is 0 Å². The van der Waals surface area contributed by atoms with Gasteiger partial charge in [0.2, 0.25) is 5.91 Å². The average molecular weight is 396 g/mol. The average Bonchev–Trinajstić information content (AvgIpc) is 3.26. The van der Waals surface area contributed by atoms with Crippen molar-refractivity contribution in [2.45, 2.75) is 45.4 Å². The Labute approximate surface area is 171 Å². The number of amides is 1. The minimum atomic E-state index is -0.377. The molecule has 29 heavy (non-hydrogen) atoms. The summed E-state index contributed by atoms with van der Waals surface area (Å²) in [5.74, 6) is 0.562. The van der Waals surface area contributed by atoms with Crippen LogP contribution in [-0.4, -0.2) is 25.5 Å². The lowest BCUT2D eigenvalue weighted by Gasteiger charge is -2.29. The van der Waals surface area contributed by atoms with Gasteiger partial charge in [0.1, 0.15) is 11.4 Å². The van der Waals surface area contributed by atoms with Crippen LogP contribution in [0.4, 0.5) is 17.1 Å². The van der Waals surface area contributed by atoms with Gasteiger partial charge in [0.25, 0.3) is 10.9 Å². The van der Waals surface area contributed by atoms with Gasteiger partial charge in [-0.2, -0.15) is 0 Å². The summed E-state index contributed by atoms with van der Waals surface area (Å²) in [6.45, 7) is 4.44. The Kier molecular flexibility index (Phi) is 5.69. The third-order valence-electron chi connectivity index (χ3n) is 6.41. The highest BCUT2D eigenvalue weighted by Gasteiger charge is 2.30. The Balaban J connectivity index is 1.26. The van der Waals surface area contributed by atoms with Crippen molar-refractivity contribution in [1.82, 2.24) is 0 Å². The fraction of sp³-hybridized carbons (Fsp3) is 0.522. The van der Waals surface area contributed by atoms with Gasteiger partial charge in [-0.15, -0.1) is 0 Å². The summed E-state index contributed by atoms with van der Waals surface area (Å²) in [6.07, 6.45) is 5.77. The lowest BCUT2D eigenvalue weighted by atomic mass is 9.81. The first-order chi connectivity index (χ1) is 14.0. The molecule has 2 N–H and O–H groups in total. The van der Waals surface area contributed by atoms with E-state index in [1.54, 1.807) is 0 Å². The molecule has 1 amide bonds. The van der Waals surface area contributed by atoms with Crippen LogP contribution in [-0.2, 0) is 4.79 Å². The van der Waals surface area contributed by atoms with Crippen molar-refractivity contribution in [3.8, 4) is 0 Å². The topological polar surface area (TPSA) is 78.5 Å². The highest BCUT2D eigenvalue weighted by Crippen LogP contribution is 2.31. The summed E-state index contributed by atoms with van der Waals surface area (Å²) in [5, 5.41) is 6.27. The Morgan fingerprint density at radius 3 is 2.31 bits per heavy atom. The van der Waals surface area contributed by atoms with Crippen LogP contribution < -0.4 is 26.4 Å². The normalized spacial score (nSPS) is 22.0. The maximum atomic E-state index is 12.5. The second kappa shape index (κ2) is 8.39. The van der Waals surface area contributed by atoms with E-state index in [9.17, 15) is 14.4 Å². The largest absolute Gasteiger partial charge is 0.380 e. The summed E-state index contributed by atoms with van der Waals surface area (Å²) in [4.78, 5) is 38.5. The number of anilines is 3. The number of benzene rings is 1. The fourth-order valence-electron chi connectivity index (χ4n) is 4.54. The van der Waals surface area contributed by atoms with Gasteiger partial charge in [-0.25, -0.2) is 0 Å². The molecule has 0 spiro atoms. The second-order valence-corrected chi connectivity index (χ2v) is 8.53. The first-order valence-corrected chi connectivity index (χ1v) is 10.7. The number of nitrogens with one attached hydrogen (secondary N) is 2. The maximum absolute atomic E-state index is 12.5. The standard InChI is InChI=1S/C23H29N3O3/c1-15-4-10-18(11-5-15)25-23(29)17-8-6-16(7-9-17)14-24-19-20(22(28)21(19)27)26-12-2-3-13-26/h4-5,10-11,16-17,24H,2-3,6-9,12-14H2,1H3,(H,25,29). The molecule has 0 aromatic heterocycles. The van der Waals surface area contributed by atoms with Gasteiger partial charge in [-0.1, -0.05) is 17.7 Å². The van der Waals surface area contributed by atoms with E-state index in [1.165, 1.54) is 5.56 Å². The van der Waals surface area contributed by atoms with Gasteiger partial charge in [-0.05, 0) is 63.5 Å². The molecule has 154 valence electrons. The van der Waals surface area contributed by atoms with Crippen LogP contribution in [0.1, 0.15) is 44.1 Å². The quantitative estimate of drug-likeness (QED) is 0.735. The minimum Gasteiger partial charge on any atom is -0.380 e. The predicted octanol–water partition coefficient (Wildman–Crippen LogP) is 3.05. The first-order valence-electron chi connectivity index (χ1n) is 10.7. The monoisotopic (exact) mass is 395 g/mol. The van der Waals surface area contributed by atoms with Crippen LogP contribution in [0.3, 0.4) is 0 Å². The summed E-state index contributed by atoms with van der Waals surface area (Å²) in [5.41, 5.74) is 2.41. The van der Waals surface area contributed by atoms with Gasteiger partial charge in [0.15, 0.2) is 0 Å². The predicted molar refractivity (Wildman–Crippen MR) is 117 cm³/mol. The Bertz CT molecular complexity index is 929. The van der Waals surface area contributed by atoms with Crippen LogP contribution >= 0.6 is 0 Å². The molecule has 6 heteroatoms. The number of carbonyl (C=O) groups excluding carboxylic acids is 1. The zero-order valence-electron chi connectivity index (χ0n) is 17.0. The molecule has 2 fully saturated rings. The van der Waals surface area contributed by atoms with Gasteiger partial charge < -0.3 is 15.5 Å². The molecule has 4 rings (SSSR count). The molecule has 6 nitrogen and oxygen atoms in total. The van der Waals surface area contributed by atoms with Crippen LogP contribution in [0.15, 0.2) is 33.9 Å². The van der Waals surface area contributed by atoms with Crippen molar-refractivity contribution in [3.63, 3.8) is 0 Å². The number of rotatable bonds is 6. The van der Waals surface area contributed by atoms with Gasteiger partial charge in [0, 0.05) is 31.2 Å². The minimum absolute atomic E-state index is 0.0406. The summed E-state index contributed by atoms with van der Waals surface area (Å²) < 4.78 is 0. The smallest absolute Gasteiger partial charge is 0.253 e. The van der Waals surface area contributed by atoms with Crippen molar-refractivity contribution in [2.24, 2.45) is 11.8 Å². The molecule has 2 aromatic rings. The van der Waals surface area contributed by atoms with Crippen molar-refractivity contribution in [3.05, 3.63) is 50.3 Å². The molecule has 0 radical (unpaired) electrons. The van der Waals surface area contributed by atoms with E-state index in [0.29, 0.717) is 23.8 Å². The molecular formula is C23H29N3O3. The van der Waals surface area contributed by atoms with E-state index < -0.39 is 0 Å². The third kappa shape index (κ3) is 4.21. The molecule has 0 atom stereocenters. The van der Waals surface area contributed by atoms with E-state index in [0.717, 1.165) is 57.3 Å². The molecule has 2 aromatic carbocycles. The van der Waals surface area contributed by atoms with E-state index in [-0.39, 0.29) is 22.7 Å². The van der Waals surface area contributed by atoms with Gasteiger partial charge in [-0.3, -0.25) is 14.4 Å². The molecule has 2 aliphatic rings. The van der Waals surface area contributed by atoms with Gasteiger partial charge in [0.05, 0.1) is 0 Å². The van der Waals surface area contributed by atoms with Crippen molar-refractivity contribution >= 4 is 23.0 Å². The first kappa shape index (κ1) is 19.7. The molecule has 1 saturated heterocycles. The zero-order chi connectivity index (χ0) is 20.4. The molecule has 1 saturated carbocycles. The Morgan fingerprint density at radius 2 is 1.66 bits per heavy atom. The van der Waals surface area contributed by atoms with Gasteiger partial charge >= 0.3 is 0 Å². The second-order valence-electron chi connectivity index (χ2n) is 8.53. The lowest BCUT2D eigenvalue weighted by molar-refractivity contribution is -0.121. The Morgan fingerprint density at radius 1 is 1.00 bits per heavy atom. The summed E-state index contributed by atoms with van der Waals surface area (Å²) in [6, 6.07) is 7.86. The van der Waals surface area contributed by atoms with Crippen LogP contribution in [0, 0.1) is 18.8 Å². The van der Waals surface area contributed by atoms with E-state index in [4.69, 9.17) is 0 Å². The fourth-order valence-corrected chi connectivity index (χ4v) is 4.54. The third-order valence-corrected chi connectivity index (χ3v) is 6.41. The number of nitrogens with zero attached hydrogens (tertiary/aromatic N) is 1. The SMILES string of the molecule is Cc1ccc(NC(=O)C2CCC(CNc3c(N4CCCC4)c(=O)c3=O)CC2)cc1. The summed E-state index contributed by atoms with van der Waals surface area (Å²) >= 11 is 0. The Hall–Kier alpha value is -2.63. The zero-order valence-corrected chi connectivity index (χ0v) is 17.0.